The Morgan fingerprint density at radius 2 is 1.27 bits per heavy atom. The van der Waals surface area contributed by atoms with Crippen LogP contribution in [0.5, 0.6) is 0 Å². The number of nitrogens with one attached hydrogen (secondary N) is 2. The zero-order valence-electron chi connectivity index (χ0n) is 27.9. The van der Waals surface area contributed by atoms with Crippen molar-refractivity contribution in [3.05, 3.63) is 121 Å². The van der Waals surface area contributed by atoms with E-state index in [1.165, 1.54) is 16.5 Å². The summed E-state index contributed by atoms with van der Waals surface area (Å²) in [5.74, 6) is -0.581. The van der Waals surface area contributed by atoms with Gasteiger partial charge < -0.3 is 10.6 Å². The Morgan fingerprint density at radius 3 is 1.80 bits per heavy atom. The smallest absolute Gasteiger partial charge is 0.304 e. The highest BCUT2D eigenvalue weighted by atomic mass is 32.3. The monoisotopic (exact) mass is 738 g/mol. The summed E-state index contributed by atoms with van der Waals surface area (Å²) < 4.78 is 37.0. The summed E-state index contributed by atoms with van der Waals surface area (Å²) >= 11 is 2.69. The molecule has 0 atom stereocenters. The first-order valence-electron chi connectivity index (χ1n) is 16.6. The average molecular weight is 739 g/mol. The van der Waals surface area contributed by atoms with Gasteiger partial charge >= 0.3 is 10.1 Å². The summed E-state index contributed by atoms with van der Waals surface area (Å²) in [4.78, 5) is 28.9. The zero-order chi connectivity index (χ0) is 35.4. The number of benzene rings is 2. The summed E-state index contributed by atoms with van der Waals surface area (Å²) in [6, 6.07) is 19.9. The molecule has 2 aliphatic rings. The van der Waals surface area contributed by atoms with Gasteiger partial charge in [-0.3, -0.25) is 23.5 Å². The zero-order valence-corrected chi connectivity index (χ0v) is 30.3. The topological polar surface area (TPSA) is 148 Å². The lowest BCUT2D eigenvalue weighted by molar-refractivity contribution is 0.0945. The summed E-state index contributed by atoms with van der Waals surface area (Å²) in [6.07, 6.45) is 1.51. The molecule has 2 aromatic carbocycles. The largest absolute Gasteiger partial charge is 0.351 e. The van der Waals surface area contributed by atoms with Crippen molar-refractivity contribution in [3.8, 4) is 22.5 Å². The molecule has 0 bridgehead atoms. The number of aryl methyl sites for hydroxylation is 2. The van der Waals surface area contributed by atoms with E-state index in [-0.39, 0.29) is 21.7 Å². The van der Waals surface area contributed by atoms with Crippen molar-refractivity contribution in [1.82, 2.24) is 30.2 Å². The highest BCUT2D eigenvalue weighted by Gasteiger charge is 2.34. The molecule has 6 aromatic rings. The molecule has 8 rings (SSSR count). The summed E-state index contributed by atoms with van der Waals surface area (Å²) in [5, 5.41) is 17.5. The van der Waals surface area contributed by atoms with Gasteiger partial charge in [-0.25, -0.2) is 0 Å². The van der Waals surface area contributed by atoms with Crippen LogP contribution in [0.15, 0.2) is 70.3 Å². The van der Waals surface area contributed by atoms with Gasteiger partial charge in [0.05, 0.1) is 24.5 Å². The second-order valence-corrected chi connectivity index (χ2v) is 16.8. The molecule has 0 spiro atoms. The molecule has 260 valence electrons. The van der Waals surface area contributed by atoms with Gasteiger partial charge in [-0.05, 0) is 48.9 Å². The number of fused-ring (bicyclic) bond motifs is 6. The number of hydrogen-bond acceptors (Lipinski definition) is 8. The first-order chi connectivity index (χ1) is 24.5. The maximum atomic E-state index is 13.5. The van der Waals surface area contributed by atoms with Crippen LogP contribution in [-0.2, 0) is 36.0 Å². The van der Waals surface area contributed by atoms with Crippen molar-refractivity contribution in [1.29, 1.82) is 0 Å². The molecular weight excluding hydrogens is 705 g/mol. The molecule has 11 nitrogen and oxygen atoms in total. The number of thiophene rings is 2. The van der Waals surface area contributed by atoms with E-state index in [2.05, 4.69) is 58.4 Å². The van der Waals surface area contributed by atoms with E-state index in [1.807, 2.05) is 35.9 Å². The van der Waals surface area contributed by atoms with Gasteiger partial charge in [0, 0.05) is 57.9 Å². The van der Waals surface area contributed by atoms with E-state index in [0.29, 0.717) is 62.4 Å². The Bertz CT molecular complexity index is 2440. The van der Waals surface area contributed by atoms with Crippen LogP contribution in [0.25, 0.3) is 22.5 Å². The first kappa shape index (κ1) is 33.3. The van der Waals surface area contributed by atoms with E-state index in [9.17, 15) is 22.6 Å². The van der Waals surface area contributed by atoms with E-state index in [4.69, 9.17) is 5.10 Å². The maximum Gasteiger partial charge on any atom is 0.304 e. The van der Waals surface area contributed by atoms with Crippen LogP contribution < -0.4 is 10.6 Å². The molecule has 0 aliphatic heterocycles. The second-order valence-electron chi connectivity index (χ2n) is 13.0. The van der Waals surface area contributed by atoms with Crippen LogP contribution in [0.1, 0.15) is 70.5 Å². The van der Waals surface area contributed by atoms with Gasteiger partial charge in [0.2, 0.25) is 0 Å². The van der Waals surface area contributed by atoms with Crippen LogP contribution in [0.3, 0.4) is 0 Å². The molecule has 51 heavy (non-hydrogen) atoms. The molecule has 4 heterocycles. The van der Waals surface area contributed by atoms with Gasteiger partial charge in [0.15, 0.2) is 11.4 Å². The van der Waals surface area contributed by atoms with Gasteiger partial charge in [-0.15, -0.1) is 22.7 Å². The van der Waals surface area contributed by atoms with Gasteiger partial charge in [-0.1, -0.05) is 59.7 Å². The summed E-state index contributed by atoms with van der Waals surface area (Å²) in [7, 11) is -4.36. The number of nitrogens with zero attached hydrogens (tertiary/aromatic N) is 4. The Hall–Kier alpha value is -4.89. The lowest BCUT2D eigenvalue weighted by Gasteiger charge is -2.08. The van der Waals surface area contributed by atoms with Gasteiger partial charge in [-0.2, -0.15) is 18.6 Å². The van der Waals surface area contributed by atoms with Gasteiger partial charge in [0.25, 0.3) is 11.8 Å². The molecule has 3 N–H and O–H groups in total. The third-order valence-electron chi connectivity index (χ3n) is 9.33. The van der Waals surface area contributed by atoms with Gasteiger partial charge in [0.1, 0.15) is 4.21 Å². The van der Waals surface area contributed by atoms with Crippen molar-refractivity contribution >= 4 is 44.6 Å². The molecule has 0 radical (unpaired) electrons. The molecular formula is C37H34N6O5S3. The Kier molecular flexibility index (Phi) is 8.49. The highest BCUT2D eigenvalue weighted by Crippen LogP contribution is 2.45. The molecule has 0 fully saturated rings. The molecule has 14 heteroatoms. The summed E-state index contributed by atoms with van der Waals surface area (Å²) in [6.45, 7) is 5.66. The van der Waals surface area contributed by atoms with Crippen molar-refractivity contribution < 1.29 is 22.6 Å². The molecule has 0 unspecified atom stereocenters. The SMILES string of the molecule is Cc1ccc(Cn2nc(C(=O)NCCCNC(=O)c3nn(Cc4ccc(C)cc4)c4c3Cc3sc(S(=O)(=O)O)cc3-4)c3c2-c2ccsc2C3)cc1. The minimum Gasteiger partial charge on any atom is -0.351 e. The highest BCUT2D eigenvalue weighted by molar-refractivity contribution is 7.88. The molecule has 0 saturated carbocycles. The minimum absolute atomic E-state index is 0.131. The number of rotatable bonds is 11. The van der Waals surface area contributed by atoms with E-state index in [0.717, 1.165) is 55.3 Å². The standard InChI is InChI=1S/C37H34N6O5S3/c1-21-4-8-23(9-5-21)19-42-34-25-12-15-49-29(25)16-27(34)32(40-42)36(44)38-13-3-14-39-37(45)33-28-17-30-26(18-31(50-30)51(46,47)48)35(28)43(41-33)20-24-10-6-22(2)7-11-24/h4-12,15,18H,3,13-14,16-17,19-20H2,1-2H3,(H,38,44)(H,39,45)(H,46,47,48). The predicted molar refractivity (Wildman–Crippen MR) is 196 cm³/mol. The fourth-order valence-corrected chi connectivity index (χ4v) is 9.57. The van der Waals surface area contributed by atoms with Crippen LogP contribution in [0.4, 0.5) is 0 Å². The van der Waals surface area contributed by atoms with Crippen molar-refractivity contribution in [3.63, 3.8) is 0 Å². The fraction of sp³-hybridized carbons (Fsp3) is 0.243. The normalized spacial score (nSPS) is 12.8. The van der Waals surface area contributed by atoms with Crippen LogP contribution in [-0.4, -0.2) is 57.4 Å². The predicted octanol–water partition coefficient (Wildman–Crippen LogP) is 5.86. The quantitative estimate of drug-likeness (QED) is 0.111. The van der Waals surface area contributed by atoms with Crippen LogP contribution in [0, 0.1) is 13.8 Å². The van der Waals surface area contributed by atoms with Crippen molar-refractivity contribution in [2.45, 2.75) is 50.4 Å². The second kappa shape index (κ2) is 13.0. The van der Waals surface area contributed by atoms with Crippen LogP contribution in [0.2, 0.25) is 0 Å². The maximum absolute atomic E-state index is 13.5. The van der Waals surface area contributed by atoms with Crippen LogP contribution >= 0.6 is 22.7 Å². The lowest BCUT2D eigenvalue weighted by Crippen LogP contribution is -2.31. The summed E-state index contributed by atoms with van der Waals surface area (Å²) in [5.41, 5.74) is 10.3. The Balaban J connectivity index is 0.940. The Labute approximate surface area is 302 Å². The number of amides is 2. The number of aromatic nitrogens is 4. The third kappa shape index (κ3) is 6.33. The average Bonchev–Trinajstić information content (AvgIpc) is 3.92. The van der Waals surface area contributed by atoms with E-state index >= 15 is 0 Å². The Morgan fingerprint density at radius 1 is 0.765 bits per heavy atom. The molecule has 0 saturated heterocycles. The van der Waals surface area contributed by atoms with E-state index in [1.54, 1.807) is 16.0 Å². The molecule has 2 aliphatic carbocycles. The molecule has 2 amide bonds. The number of carbonyl (C=O) groups is 2. The van der Waals surface area contributed by atoms with E-state index < -0.39 is 10.1 Å². The molecule has 4 aromatic heterocycles. The first-order valence-corrected chi connectivity index (χ1v) is 19.7. The fourth-order valence-electron chi connectivity index (χ4n) is 6.80. The number of hydrogen-bond donors (Lipinski definition) is 3. The van der Waals surface area contributed by atoms with Crippen molar-refractivity contribution in [2.24, 2.45) is 0 Å². The number of carbonyl (C=O) groups excluding carboxylic acids is 2. The lowest BCUT2D eigenvalue weighted by atomic mass is 10.1. The minimum atomic E-state index is -4.36. The van der Waals surface area contributed by atoms with Crippen molar-refractivity contribution in [2.75, 3.05) is 13.1 Å². The third-order valence-corrected chi connectivity index (χ3v) is 12.7.